The van der Waals surface area contributed by atoms with E-state index in [4.69, 9.17) is 5.73 Å². The lowest BCUT2D eigenvalue weighted by molar-refractivity contribution is -0.334. The molecule has 17 heavy (non-hydrogen) atoms. The largest absolute Gasteiger partial charge is 0.404 e. The Morgan fingerprint density at radius 2 is 1.65 bits per heavy atom. The highest BCUT2D eigenvalue weighted by Gasteiger charge is 2.72. The molecule has 0 unspecified atom stereocenters. The van der Waals surface area contributed by atoms with Crippen LogP contribution < -0.4 is 5.73 Å². The summed E-state index contributed by atoms with van der Waals surface area (Å²) in [4.78, 5) is 11.5. The lowest BCUT2D eigenvalue weighted by atomic mass is 9.85. The first kappa shape index (κ1) is 14.1. The van der Waals surface area contributed by atoms with Crippen LogP contribution in [0.4, 0.5) is 26.3 Å². The molecule has 0 radical (unpaired) electrons. The van der Waals surface area contributed by atoms with Crippen LogP contribution in [-0.2, 0) is 4.79 Å². The van der Waals surface area contributed by atoms with Gasteiger partial charge < -0.3 is 10.6 Å². The van der Waals surface area contributed by atoms with Crippen LogP contribution in [0.1, 0.15) is 6.42 Å². The van der Waals surface area contributed by atoms with E-state index in [2.05, 4.69) is 0 Å². The molecule has 0 aromatic rings. The SMILES string of the molecule is NCC(=O)N1CCC(C(F)(F)F)(C(F)(F)F)C1. The molecule has 0 spiro atoms. The van der Waals surface area contributed by atoms with Gasteiger partial charge in [-0.2, -0.15) is 26.3 Å². The lowest BCUT2D eigenvalue weighted by Gasteiger charge is -2.33. The van der Waals surface area contributed by atoms with Gasteiger partial charge in [-0.1, -0.05) is 0 Å². The van der Waals surface area contributed by atoms with Gasteiger partial charge in [0.1, 0.15) is 0 Å². The zero-order valence-electron chi connectivity index (χ0n) is 8.53. The van der Waals surface area contributed by atoms with Gasteiger partial charge in [0.2, 0.25) is 5.91 Å². The Kier molecular flexibility index (Phi) is 3.34. The monoisotopic (exact) mass is 264 g/mol. The minimum absolute atomic E-state index is 0.501. The topological polar surface area (TPSA) is 46.3 Å². The minimum atomic E-state index is -5.44. The number of hydrogen-bond donors (Lipinski definition) is 1. The summed E-state index contributed by atoms with van der Waals surface area (Å²) in [6, 6.07) is 0. The fourth-order valence-electron chi connectivity index (χ4n) is 1.78. The van der Waals surface area contributed by atoms with Gasteiger partial charge in [-0.25, -0.2) is 0 Å². The first-order chi connectivity index (χ1) is 7.55. The summed E-state index contributed by atoms with van der Waals surface area (Å²) in [5.74, 6) is -0.916. The average molecular weight is 264 g/mol. The van der Waals surface area contributed by atoms with Crippen molar-refractivity contribution in [3.63, 3.8) is 0 Å². The van der Waals surface area contributed by atoms with Crippen molar-refractivity contribution in [1.29, 1.82) is 0 Å². The Hall–Kier alpha value is -0.990. The minimum Gasteiger partial charge on any atom is -0.340 e. The molecule has 0 aromatic heterocycles. The summed E-state index contributed by atoms with van der Waals surface area (Å²) in [5.41, 5.74) is 1.08. The molecule has 9 heteroatoms. The van der Waals surface area contributed by atoms with Crippen LogP contribution in [-0.4, -0.2) is 42.8 Å². The molecular formula is C8H10F6N2O. The van der Waals surface area contributed by atoms with Gasteiger partial charge in [0.05, 0.1) is 6.54 Å². The second-order valence-corrected chi connectivity index (χ2v) is 3.85. The Labute approximate surface area is 92.5 Å². The van der Waals surface area contributed by atoms with Gasteiger partial charge in [0, 0.05) is 13.1 Å². The Balaban J connectivity index is 3.03. The summed E-state index contributed by atoms with van der Waals surface area (Å²) >= 11 is 0. The van der Waals surface area contributed by atoms with E-state index in [0.717, 1.165) is 0 Å². The molecule has 1 fully saturated rings. The zero-order valence-corrected chi connectivity index (χ0v) is 8.53. The van der Waals surface area contributed by atoms with Crippen molar-refractivity contribution in [3.05, 3.63) is 0 Å². The molecule has 100 valence electrons. The van der Waals surface area contributed by atoms with Gasteiger partial charge >= 0.3 is 12.4 Å². The molecule has 1 heterocycles. The zero-order chi connectivity index (χ0) is 13.5. The second kappa shape index (κ2) is 4.04. The number of nitrogens with two attached hydrogens (primary N) is 1. The summed E-state index contributed by atoms with van der Waals surface area (Å²) < 4.78 is 75.4. The van der Waals surface area contributed by atoms with Gasteiger partial charge in [-0.3, -0.25) is 4.79 Å². The van der Waals surface area contributed by atoms with Crippen LogP contribution in [0.25, 0.3) is 0 Å². The first-order valence-corrected chi connectivity index (χ1v) is 4.66. The molecule has 0 bridgehead atoms. The van der Waals surface area contributed by atoms with E-state index in [1.807, 2.05) is 0 Å². The fraction of sp³-hybridized carbons (Fsp3) is 0.875. The predicted octanol–water partition coefficient (Wildman–Crippen LogP) is 1.29. The average Bonchev–Trinajstić information content (AvgIpc) is 2.60. The maximum Gasteiger partial charge on any atom is 0.404 e. The molecule has 0 aliphatic carbocycles. The number of nitrogens with zero attached hydrogens (tertiary/aromatic N) is 1. The smallest absolute Gasteiger partial charge is 0.340 e. The lowest BCUT2D eigenvalue weighted by Crippen LogP contribution is -2.52. The van der Waals surface area contributed by atoms with Gasteiger partial charge in [-0.15, -0.1) is 0 Å². The molecule has 1 rings (SSSR count). The van der Waals surface area contributed by atoms with Crippen molar-refractivity contribution in [3.8, 4) is 0 Å². The quantitative estimate of drug-likeness (QED) is 0.725. The number of likely N-dealkylation sites (tertiary alicyclic amines) is 1. The van der Waals surface area contributed by atoms with E-state index in [0.29, 0.717) is 4.90 Å². The van der Waals surface area contributed by atoms with Crippen LogP contribution in [0.2, 0.25) is 0 Å². The predicted molar refractivity (Wildman–Crippen MR) is 44.8 cm³/mol. The summed E-state index contributed by atoms with van der Waals surface area (Å²) in [5, 5.41) is 0. The van der Waals surface area contributed by atoms with E-state index >= 15 is 0 Å². The normalized spacial score (nSPS) is 20.8. The highest BCUT2D eigenvalue weighted by molar-refractivity contribution is 5.78. The van der Waals surface area contributed by atoms with E-state index in [1.165, 1.54) is 0 Å². The highest BCUT2D eigenvalue weighted by atomic mass is 19.4. The molecule has 0 atom stereocenters. The van der Waals surface area contributed by atoms with Crippen LogP contribution in [0.3, 0.4) is 0 Å². The van der Waals surface area contributed by atoms with E-state index in [9.17, 15) is 31.1 Å². The third-order valence-corrected chi connectivity index (χ3v) is 2.88. The molecule has 0 saturated carbocycles. The van der Waals surface area contributed by atoms with Crippen LogP contribution in [0, 0.1) is 5.41 Å². The number of alkyl halides is 6. The molecule has 3 nitrogen and oxygen atoms in total. The number of rotatable bonds is 1. The third kappa shape index (κ3) is 2.20. The van der Waals surface area contributed by atoms with Crippen LogP contribution in [0.5, 0.6) is 0 Å². The highest BCUT2D eigenvalue weighted by Crippen LogP contribution is 2.55. The maximum absolute atomic E-state index is 12.6. The molecule has 0 aromatic carbocycles. The number of amides is 1. The molecule has 2 N–H and O–H groups in total. The van der Waals surface area contributed by atoms with E-state index in [1.54, 1.807) is 0 Å². The van der Waals surface area contributed by atoms with Crippen molar-refractivity contribution >= 4 is 5.91 Å². The number of carbonyl (C=O) groups excluding carboxylic acids is 1. The van der Waals surface area contributed by atoms with Crippen molar-refractivity contribution in [2.45, 2.75) is 18.8 Å². The van der Waals surface area contributed by atoms with E-state index in [-0.39, 0.29) is 0 Å². The second-order valence-electron chi connectivity index (χ2n) is 3.85. The standard InChI is InChI=1S/C8H10F6N2O/c9-7(10,11)6(8(12,13)14)1-2-16(4-6)5(17)3-15/h1-4,15H2. The Bertz CT molecular complexity index is 296. The van der Waals surface area contributed by atoms with Crippen molar-refractivity contribution < 1.29 is 31.1 Å². The summed E-state index contributed by atoms with van der Waals surface area (Å²) in [6.45, 7) is -2.60. The van der Waals surface area contributed by atoms with Gasteiger partial charge in [0.15, 0.2) is 5.41 Å². The number of halogens is 6. The van der Waals surface area contributed by atoms with Crippen LogP contribution >= 0.6 is 0 Å². The molecule has 1 aliphatic heterocycles. The molecule has 1 amide bonds. The summed E-state index contributed by atoms with van der Waals surface area (Å²) in [7, 11) is 0. The first-order valence-electron chi connectivity index (χ1n) is 4.66. The van der Waals surface area contributed by atoms with Crippen molar-refractivity contribution in [2.75, 3.05) is 19.6 Å². The molecule has 1 saturated heterocycles. The van der Waals surface area contributed by atoms with Gasteiger partial charge in [0.25, 0.3) is 0 Å². The Morgan fingerprint density at radius 1 is 1.18 bits per heavy atom. The summed E-state index contributed by atoms with van der Waals surface area (Å²) in [6.07, 6.45) is -12.0. The number of carbonyl (C=O) groups is 1. The van der Waals surface area contributed by atoms with Crippen molar-refractivity contribution in [2.24, 2.45) is 11.1 Å². The molecular weight excluding hydrogens is 254 g/mol. The molecule has 1 aliphatic rings. The third-order valence-electron chi connectivity index (χ3n) is 2.88. The number of hydrogen-bond acceptors (Lipinski definition) is 2. The van der Waals surface area contributed by atoms with Crippen molar-refractivity contribution in [1.82, 2.24) is 4.90 Å². The Morgan fingerprint density at radius 3 is 1.94 bits per heavy atom. The maximum atomic E-state index is 12.6. The van der Waals surface area contributed by atoms with Gasteiger partial charge in [-0.05, 0) is 6.42 Å². The van der Waals surface area contributed by atoms with E-state index < -0.39 is 49.7 Å². The fourth-order valence-corrected chi connectivity index (χ4v) is 1.78. The van der Waals surface area contributed by atoms with Crippen LogP contribution in [0.15, 0.2) is 0 Å².